The van der Waals surface area contributed by atoms with Crippen molar-refractivity contribution in [3.63, 3.8) is 0 Å². The molecule has 88 valence electrons. The van der Waals surface area contributed by atoms with Crippen LogP contribution < -0.4 is 0 Å². The van der Waals surface area contributed by atoms with E-state index in [4.69, 9.17) is 0 Å². The summed E-state index contributed by atoms with van der Waals surface area (Å²) >= 11 is 3.34. The molecule has 5 heteroatoms. The van der Waals surface area contributed by atoms with Gasteiger partial charge in [-0.3, -0.25) is 4.90 Å². The molecular weight excluding hydrogens is 268 g/mol. The van der Waals surface area contributed by atoms with Gasteiger partial charge >= 0.3 is 0 Å². The largest absolute Gasteiger partial charge is 0.301 e. The molecule has 0 N–H and O–H groups in total. The molecule has 0 spiro atoms. The van der Waals surface area contributed by atoms with Crippen LogP contribution in [0.15, 0.2) is 16.9 Å². The van der Waals surface area contributed by atoms with Crippen LogP contribution in [0.5, 0.6) is 0 Å². The van der Waals surface area contributed by atoms with Gasteiger partial charge in [-0.15, -0.1) is 0 Å². The third-order valence-corrected chi connectivity index (χ3v) is 3.36. The second-order valence-electron chi connectivity index (χ2n) is 4.03. The number of aromatic nitrogens is 2. The van der Waals surface area contributed by atoms with Gasteiger partial charge in [0.2, 0.25) is 0 Å². The third kappa shape index (κ3) is 3.23. The van der Waals surface area contributed by atoms with E-state index in [1.165, 1.54) is 0 Å². The predicted octanol–water partition coefficient (Wildman–Crippen LogP) is 1.38. The summed E-state index contributed by atoms with van der Waals surface area (Å²) in [5, 5.41) is 0. The maximum absolute atomic E-state index is 4.30. The Balaban J connectivity index is 1.84. The Morgan fingerprint density at radius 3 is 2.25 bits per heavy atom. The van der Waals surface area contributed by atoms with Gasteiger partial charge in [0.05, 0.1) is 11.0 Å². The topological polar surface area (TPSA) is 32.3 Å². The quantitative estimate of drug-likeness (QED) is 0.840. The lowest BCUT2D eigenvalue weighted by Gasteiger charge is -2.33. The second-order valence-corrected chi connectivity index (χ2v) is 4.94. The summed E-state index contributed by atoms with van der Waals surface area (Å²) in [7, 11) is 0. The monoisotopic (exact) mass is 284 g/mol. The van der Waals surface area contributed by atoms with Crippen molar-refractivity contribution in [3.8, 4) is 0 Å². The maximum Gasteiger partial charge on any atom is 0.142 e. The van der Waals surface area contributed by atoms with Crippen LogP contribution in [0.4, 0.5) is 0 Å². The third-order valence-electron chi connectivity index (χ3n) is 2.95. The van der Waals surface area contributed by atoms with Crippen molar-refractivity contribution in [2.24, 2.45) is 0 Å². The van der Waals surface area contributed by atoms with Crippen molar-refractivity contribution < 1.29 is 0 Å². The number of hydrogen-bond donors (Lipinski definition) is 0. The Morgan fingerprint density at radius 1 is 1.12 bits per heavy atom. The number of likely N-dealkylation sites (N-methyl/N-ethyl adjacent to an activating group) is 1. The lowest BCUT2D eigenvalue weighted by Crippen LogP contribution is -2.45. The van der Waals surface area contributed by atoms with Gasteiger partial charge < -0.3 is 4.90 Å². The van der Waals surface area contributed by atoms with Crippen LogP contribution >= 0.6 is 15.9 Å². The summed E-state index contributed by atoms with van der Waals surface area (Å²) in [6.45, 7) is 8.79. The molecule has 16 heavy (non-hydrogen) atoms. The molecule has 1 aromatic heterocycles. The molecule has 0 aliphatic carbocycles. The molecule has 0 saturated carbocycles. The minimum absolute atomic E-state index is 0.866. The van der Waals surface area contributed by atoms with Crippen LogP contribution in [0, 0.1) is 0 Å². The first-order valence-electron chi connectivity index (χ1n) is 5.69. The maximum atomic E-state index is 4.30. The number of piperazine rings is 1. The van der Waals surface area contributed by atoms with E-state index in [-0.39, 0.29) is 0 Å². The highest BCUT2D eigenvalue weighted by molar-refractivity contribution is 9.10. The van der Waals surface area contributed by atoms with Crippen molar-refractivity contribution in [2.45, 2.75) is 13.5 Å². The van der Waals surface area contributed by atoms with Crippen molar-refractivity contribution in [2.75, 3.05) is 32.7 Å². The molecule has 0 amide bonds. The van der Waals surface area contributed by atoms with Gasteiger partial charge in [0.1, 0.15) is 5.82 Å². The molecule has 0 bridgehead atoms. The number of halogens is 1. The van der Waals surface area contributed by atoms with E-state index in [1.807, 2.05) is 12.4 Å². The Bertz CT molecular complexity index is 319. The highest BCUT2D eigenvalue weighted by Gasteiger charge is 2.16. The fourth-order valence-electron chi connectivity index (χ4n) is 1.88. The highest BCUT2D eigenvalue weighted by Crippen LogP contribution is 2.08. The zero-order chi connectivity index (χ0) is 11.4. The molecule has 0 unspecified atom stereocenters. The Labute approximate surface area is 105 Å². The van der Waals surface area contributed by atoms with Crippen molar-refractivity contribution in [3.05, 3.63) is 22.7 Å². The summed E-state index contributed by atoms with van der Waals surface area (Å²) in [5.41, 5.74) is 0. The first-order chi connectivity index (χ1) is 7.78. The van der Waals surface area contributed by atoms with Crippen molar-refractivity contribution in [1.82, 2.24) is 19.8 Å². The summed E-state index contributed by atoms with van der Waals surface area (Å²) in [6.07, 6.45) is 3.62. The Hall–Kier alpha value is -0.520. The van der Waals surface area contributed by atoms with E-state index in [2.05, 4.69) is 42.6 Å². The van der Waals surface area contributed by atoms with Crippen molar-refractivity contribution >= 4 is 15.9 Å². The molecule has 1 fully saturated rings. The molecule has 1 aliphatic rings. The highest BCUT2D eigenvalue weighted by atomic mass is 79.9. The molecule has 1 aliphatic heterocycles. The second kappa shape index (κ2) is 5.70. The minimum Gasteiger partial charge on any atom is -0.301 e. The average Bonchev–Trinajstić information content (AvgIpc) is 2.33. The van der Waals surface area contributed by atoms with Crippen LogP contribution in [0.3, 0.4) is 0 Å². The standard InChI is InChI=1S/C11H17BrN4/c1-2-15-3-5-16(6-4-15)9-11-13-7-10(12)8-14-11/h7-8H,2-6,9H2,1H3. The predicted molar refractivity (Wildman–Crippen MR) is 67.1 cm³/mol. The smallest absolute Gasteiger partial charge is 0.142 e. The summed E-state index contributed by atoms with van der Waals surface area (Å²) < 4.78 is 0.937. The average molecular weight is 285 g/mol. The first-order valence-corrected chi connectivity index (χ1v) is 6.48. The van der Waals surface area contributed by atoms with Crippen LogP contribution in [0.25, 0.3) is 0 Å². The summed E-state index contributed by atoms with van der Waals surface area (Å²) in [5.74, 6) is 0.910. The van der Waals surface area contributed by atoms with E-state index in [1.54, 1.807) is 0 Å². The molecule has 2 heterocycles. The lowest BCUT2D eigenvalue weighted by molar-refractivity contribution is 0.129. The van der Waals surface area contributed by atoms with Gasteiger partial charge in [-0.05, 0) is 22.5 Å². The minimum atomic E-state index is 0.866. The van der Waals surface area contributed by atoms with E-state index in [0.29, 0.717) is 0 Å². The normalized spacial score (nSPS) is 18.9. The zero-order valence-corrected chi connectivity index (χ0v) is 11.2. The van der Waals surface area contributed by atoms with Gasteiger partial charge in [0.25, 0.3) is 0 Å². The lowest BCUT2D eigenvalue weighted by atomic mass is 10.3. The Morgan fingerprint density at radius 2 is 1.69 bits per heavy atom. The van der Waals surface area contributed by atoms with Gasteiger partial charge in [-0.1, -0.05) is 6.92 Å². The van der Waals surface area contributed by atoms with Crippen LogP contribution in [0.1, 0.15) is 12.7 Å². The summed E-state index contributed by atoms with van der Waals surface area (Å²) in [4.78, 5) is 13.5. The number of rotatable bonds is 3. The summed E-state index contributed by atoms with van der Waals surface area (Å²) in [6, 6.07) is 0. The van der Waals surface area contributed by atoms with E-state index in [9.17, 15) is 0 Å². The fraction of sp³-hybridized carbons (Fsp3) is 0.636. The van der Waals surface area contributed by atoms with Crippen LogP contribution in [-0.4, -0.2) is 52.5 Å². The SMILES string of the molecule is CCN1CCN(Cc2ncc(Br)cn2)CC1. The molecule has 2 rings (SSSR count). The van der Waals surface area contributed by atoms with Gasteiger partial charge in [0.15, 0.2) is 0 Å². The fourth-order valence-corrected chi connectivity index (χ4v) is 2.09. The van der Waals surface area contributed by atoms with E-state index < -0.39 is 0 Å². The number of hydrogen-bond acceptors (Lipinski definition) is 4. The molecule has 1 aromatic rings. The van der Waals surface area contributed by atoms with Crippen LogP contribution in [0.2, 0.25) is 0 Å². The van der Waals surface area contributed by atoms with Crippen LogP contribution in [-0.2, 0) is 6.54 Å². The Kier molecular flexibility index (Phi) is 4.26. The van der Waals surface area contributed by atoms with Gasteiger partial charge in [-0.2, -0.15) is 0 Å². The van der Waals surface area contributed by atoms with E-state index >= 15 is 0 Å². The van der Waals surface area contributed by atoms with Gasteiger partial charge in [0, 0.05) is 38.6 Å². The first kappa shape index (κ1) is 12.0. The molecule has 0 aromatic carbocycles. The number of nitrogens with zero attached hydrogens (tertiary/aromatic N) is 4. The van der Waals surface area contributed by atoms with E-state index in [0.717, 1.165) is 49.6 Å². The molecular formula is C11H17BrN4. The zero-order valence-electron chi connectivity index (χ0n) is 9.56. The van der Waals surface area contributed by atoms with Gasteiger partial charge in [-0.25, -0.2) is 9.97 Å². The molecule has 1 saturated heterocycles. The molecule has 4 nitrogen and oxygen atoms in total. The molecule has 0 radical (unpaired) electrons. The molecule has 0 atom stereocenters. The van der Waals surface area contributed by atoms with Crippen molar-refractivity contribution in [1.29, 1.82) is 0 Å².